The molecule has 0 unspecified atom stereocenters. The minimum absolute atomic E-state index is 0.259. The summed E-state index contributed by atoms with van der Waals surface area (Å²) in [5, 5.41) is 11.7. The summed E-state index contributed by atoms with van der Waals surface area (Å²) in [5.74, 6) is 0. The summed E-state index contributed by atoms with van der Waals surface area (Å²) in [5.41, 5.74) is 2.47. The Morgan fingerprint density at radius 3 is 3.00 bits per heavy atom. The van der Waals surface area contributed by atoms with Crippen LogP contribution in [0.4, 0.5) is 4.79 Å². The van der Waals surface area contributed by atoms with Crippen LogP contribution in [0.5, 0.6) is 0 Å². The zero-order valence-corrected chi connectivity index (χ0v) is 4.03. The van der Waals surface area contributed by atoms with Gasteiger partial charge in [-0.15, -0.1) is 0 Å². The van der Waals surface area contributed by atoms with Crippen LogP contribution in [0.2, 0.25) is 0 Å². The summed E-state index contributed by atoms with van der Waals surface area (Å²) in [6, 6.07) is 0. The normalized spacial score (nSPS) is 16.2. The largest absolute Gasteiger partial charge is 0.465 e. The van der Waals surface area contributed by atoms with E-state index in [-0.39, 0.29) is 6.67 Å². The Balaban J connectivity index is 2.48. The van der Waals surface area contributed by atoms with Crippen molar-refractivity contribution in [2.24, 2.45) is 5.10 Å². The molecule has 0 aromatic rings. The fourth-order valence-electron chi connectivity index (χ4n) is 0.385. The number of nitrogens with one attached hydrogen (secondary N) is 1. The Hall–Kier alpha value is -1.26. The van der Waals surface area contributed by atoms with Crippen molar-refractivity contribution in [3.05, 3.63) is 0 Å². The molecule has 0 bridgehead atoms. The van der Waals surface area contributed by atoms with E-state index in [0.717, 1.165) is 4.90 Å². The molecule has 0 aromatic heterocycles. The highest BCUT2D eigenvalue weighted by Crippen LogP contribution is 1.86. The molecule has 1 rings (SSSR count). The maximum Gasteiger partial charge on any atom is 0.414 e. The zero-order valence-electron chi connectivity index (χ0n) is 4.03. The van der Waals surface area contributed by atoms with E-state index in [1.165, 1.54) is 6.34 Å². The van der Waals surface area contributed by atoms with E-state index >= 15 is 0 Å². The lowest BCUT2D eigenvalue weighted by Gasteiger charge is -2.02. The minimum atomic E-state index is -0.987. The summed E-state index contributed by atoms with van der Waals surface area (Å²) >= 11 is 0. The van der Waals surface area contributed by atoms with Crippen LogP contribution in [0.3, 0.4) is 0 Å². The van der Waals surface area contributed by atoms with Gasteiger partial charge < -0.3 is 5.11 Å². The van der Waals surface area contributed by atoms with Gasteiger partial charge >= 0.3 is 6.09 Å². The van der Waals surface area contributed by atoms with Crippen molar-refractivity contribution in [1.82, 2.24) is 10.3 Å². The quantitative estimate of drug-likeness (QED) is 0.446. The molecular formula is C3H5N3O2. The van der Waals surface area contributed by atoms with Gasteiger partial charge in [0.15, 0.2) is 0 Å². The van der Waals surface area contributed by atoms with Gasteiger partial charge in [0.1, 0.15) is 13.0 Å². The van der Waals surface area contributed by atoms with Gasteiger partial charge in [-0.05, 0) is 0 Å². The number of carboxylic acid groups (broad SMARTS) is 1. The van der Waals surface area contributed by atoms with Crippen LogP contribution in [0, 0.1) is 0 Å². The Labute approximate surface area is 45.6 Å². The highest BCUT2D eigenvalue weighted by atomic mass is 16.4. The number of nitrogens with zero attached hydrogens (tertiary/aromatic N) is 2. The van der Waals surface area contributed by atoms with Crippen molar-refractivity contribution < 1.29 is 9.90 Å². The van der Waals surface area contributed by atoms with Gasteiger partial charge in [-0.3, -0.25) is 5.43 Å². The third-order valence-corrected chi connectivity index (χ3v) is 0.775. The molecule has 0 aliphatic carbocycles. The summed E-state index contributed by atoms with van der Waals surface area (Å²) in [6.45, 7) is 0.259. The number of hydrazone groups is 1. The molecular weight excluding hydrogens is 110 g/mol. The monoisotopic (exact) mass is 115 g/mol. The summed E-state index contributed by atoms with van der Waals surface area (Å²) in [7, 11) is 0. The van der Waals surface area contributed by atoms with Crippen molar-refractivity contribution in [3.8, 4) is 0 Å². The second-order valence-corrected chi connectivity index (χ2v) is 1.31. The summed E-state index contributed by atoms with van der Waals surface area (Å²) < 4.78 is 0. The molecule has 1 amide bonds. The van der Waals surface area contributed by atoms with Gasteiger partial charge in [-0.25, -0.2) is 9.69 Å². The molecule has 8 heavy (non-hydrogen) atoms. The van der Waals surface area contributed by atoms with Crippen LogP contribution < -0.4 is 5.43 Å². The van der Waals surface area contributed by atoms with Gasteiger partial charge in [-0.2, -0.15) is 5.10 Å². The van der Waals surface area contributed by atoms with E-state index < -0.39 is 6.09 Å². The molecule has 0 radical (unpaired) electrons. The Kier molecular flexibility index (Phi) is 1.03. The number of hydrogen-bond donors (Lipinski definition) is 2. The van der Waals surface area contributed by atoms with Gasteiger partial charge in [0.25, 0.3) is 0 Å². The molecule has 1 heterocycles. The molecule has 0 fully saturated rings. The maximum absolute atomic E-state index is 10.00. The number of hydrogen-bond acceptors (Lipinski definition) is 3. The lowest BCUT2D eigenvalue weighted by molar-refractivity contribution is 0.171. The first kappa shape index (κ1) is 4.89. The molecule has 1 aliphatic rings. The average Bonchev–Trinajstić information content (AvgIpc) is 2.12. The Morgan fingerprint density at radius 1 is 2.00 bits per heavy atom. The number of carbonyl (C=O) groups is 1. The first-order valence-electron chi connectivity index (χ1n) is 2.06. The van der Waals surface area contributed by atoms with Gasteiger partial charge in [0.05, 0.1) is 0 Å². The molecule has 0 saturated carbocycles. The van der Waals surface area contributed by atoms with E-state index in [9.17, 15) is 4.79 Å². The smallest absolute Gasteiger partial charge is 0.414 e. The molecule has 0 spiro atoms. The van der Waals surface area contributed by atoms with Crippen LogP contribution in [0.15, 0.2) is 5.10 Å². The van der Waals surface area contributed by atoms with Crippen molar-refractivity contribution in [2.75, 3.05) is 6.67 Å². The van der Waals surface area contributed by atoms with Gasteiger partial charge in [0, 0.05) is 0 Å². The van der Waals surface area contributed by atoms with Crippen LogP contribution in [0.1, 0.15) is 0 Å². The summed E-state index contributed by atoms with van der Waals surface area (Å²) in [4.78, 5) is 11.0. The van der Waals surface area contributed by atoms with Crippen LogP contribution in [0.25, 0.3) is 0 Å². The second-order valence-electron chi connectivity index (χ2n) is 1.31. The maximum atomic E-state index is 10.00. The van der Waals surface area contributed by atoms with Crippen molar-refractivity contribution in [3.63, 3.8) is 0 Å². The predicted octanol–water partition coefficient (Wildman–Crippen LogP) is -0.530. The predicted molar refractivity (Wildman–Crippen MR) is 26.4 cm³/mol. The van der Waals surface area contributed by atoms with Crippen molar-refractivity contribution in [2.45, 2.75) is 0 Å². The zero-order chi connectivity index (χ0) is 5.98. The molecule has 1 aliphatic heterocycles. The average molecular weight is 115 g/mol. The number of amides is 1. The van der Waals surface area contributed by atoms with Crippen molar-refractivity contribution in [1.29, 1.82) is 0 Å². The molecule has 0 saturated heterocycles. The van der Waals surface area contributed by atoms with Gasteiger partial charge in [0.2, 0.25) is 0 Å². The summed E-state index contributed by atoms with van der Waals surface area (Å²) in [6.07, 6.45) is 0.237. The van der Waals surface area contributed by atoms with Crippen LogP contribution in [-0.2, 0) is 0 Å². The SMILES string of the molecule is O=C(O)N1C=NNC1. The lowest BCUT2D eigenvalue weighted by Crippen LogP contribution is -2.28. The topological polar surface area (TPSA) is 64.9 Å². The Morgan fingerprint density at radius 2 is 2.75 bits per heavy atom. The van der Waals surface area contributed by atoms with E-state index in [1.807, 2.05) is 0 Å². The fraction of sp³-hybridized carbons (Fsp3) is 0.333. The first-order chi connectivity index (χ1) is 3.80. The highest BCUT2D eigenvalue weighted by molar-refractivity contribution is 5.81. The standard InChI is InChI=1S/C3H5N3O2/c7-3(8)6-1-4-5-2-6/h1,5H,2H2,(H,7,8). The molecule has 0 aromatic carbocycles. The molecule has 2 N–H and O–H groups in total. The third-order valence-electron chi connectivity index (χ3n) is 0.775. The third kappa shape index (κ3) is 0.699. The fourth-order valence-corrected chi connectivity index (χ4v) is 0.385. The van der Waals surface area contributed by atoms with Crippen molar-refractivity contribution >= 4 is 12.4 Å². The molecule has 44 valence electrons. The lowest BCUT2D eigenvalue weighted by atomic mass is 10.8. The molecule has 5 nitrogen and oxygen atoms in total. The second kappa shape index (κ2) is 1.69. The van der Waals surface area contributed by atoms with Crippen LogP contribution in [-0.4, -0.2) is 29.1 Å². The highest BCUT2D eigenvalue weighted by Gasteiger charge is 2.10. The minimum Gasteiger partial charge on any atom is -0.465 e. The van der Waals surface area contributed by atoms with E-state index in [2.05, 4.69) is 10.5 Å². The van der Waals surface area contributed by atoms with E-state index in [4.69, 9.17) is 5.11 Å². The van der Waals surface area contributed by atoms with Gasteiger partial charge in [-0.1, -0.05) is 0 Å². The molecule has 5 heteroatoms. The van der Waals surface area contributed by atoms with E-state index in [1.54, 1.807) is 0 Å². The Bertz CT molecular complexity index is 132. The first-order valence-corrected chi connectivity index (χ1v) is 2.06. The van der Waals surface area contributed by atoms with Crippen LogP contribution >= 0.6 is 0 Å². The van der Waals surface area contributed by atoms with E-state index in [0.29, 0.717) is 0 Å². The molecule has 0 atom stereocenters. The number of rotatable bonds is 0.